The van der Waals surface area contributed by atoms with Gasteiger partial charge in [0.05, 0.1) is 6.10 Å². The molecule has 0 amide bonds. The molecular formula is C16H25NO. The van der Waals surface area contributed by atoms with Crippen molar-refractivity contribution in [1.82, 2.24) is 5.32 Å². The van der Waals surface area contributed by atoms with Gasteiger partial charge in [0.1, 0.15) is 0 Å². The summed E-state index contributed by atoms with van der Waals surface area (Å²) in [4.78, 5) is 0. The van der Waals surface area contributed by atoms with Crippen molar-refractivity contribution in [2.75, 3.05) is 6.61 Å². The average molecular weight is 247 g/mol. The Balaban J connectivity index is 1.92. The number of hydrogen-bond acceptors (Lipinski definition) is 2. The highest BCUT2D eigenvalue weighted by atomic mass is 16.5. The molecule has 0 aromatic heterocycles. The van der Waals surface area contributed by atoms with E-state index in [0.29, 0.717) is 18.2 Å². The third kappa shape index (κ3) is 3.56. The Bertz CT molecular complexity index is 377. The van der Waals surface area contributed by atoms with E-state index in [0.717, 1.165) is 25.9 Å². The third-order valence-electron chi connectivity index (χ3n) is 3.85. The lowest BCUT2D eigenvalue weighted by molar-refractivity contribution is -0.00165. The maximum Gasteiger partial charge on any atom is 0.0587 e. The highest BCUT2D eigenvalue weighted by Crippen LogP contribution is 2.21. The summed E-state index contributed by atoms with van der Waals surface area (Å²) in [5, 5.41) is 3.75. The van der Waals surface area contributed by atoms with Crippen LogP contribution in [0.2, 0.25) is 0 Å². The molecule has 1 heterocycles. The zero-order valence-electron chi connectivity index (χ0n) is 11.8. The monoisotopic (exact) mass is 247 g/mol. The molecule has 2 nitrogen and oxygen atoms in total. The minimum Gasteiger partial charge on any atom is -0.378 e. The van der Waals surface area contributed by atoms with E-state index < -0.39 is 0 Å². The van der Waals surface area contributed by atoms with Crippen LogP contribution in [0.15, 0.2) is 24.3 Å². The van der Waals surface area contributed by atoms with Gasteiger partial charge in [-0.3, -0.25) is 0 Å². The van der Waals surface area contributed by atoms with Crippen molar-refractivity contribution in [3.05, 3.63) is 35.4 Å². The predicted octanol–water partition coefficient (Wildman–Crippen LogP) is 3.60. The van der Waals surface area contributed by atoms with Crippen molar-refractivity contribution in [2.45, 2.75) is 58.2 Å². The fourth-order valence-corrected chi connectivity index (χ4v) is 2.71. The summed E-state index contributed by atoms with van der Waals surface area (Å²) in [6, 6.07) is 9.79. The van der Waals surface area contributed by atoms with Crippen LogP contribution in [0, 0.1) is 6.92 Å². The molecule has 1 aromatic carbocycles. The van der Waals surface area contributed by atoms with E-state index in [1.54, 1.807) is 0 Å². The van der Waals surface area contributed by atoms with Gasteiger partial charge in [-0.05, 0) is 38.7 Å². The lowest BCUT2D eigenvalue weighted by atomic mass is 9.99. The number of ether oxygens (including phenoxy) is 1. The molecule has 1 saturated heterocycles. The van der Waals surface area contributed by atoms with Crippen LogP contribution in [0.3, 0.4) is 0 Å². The second-order valence-electron chi connectivity index (χ2n) is 5.42. The predicted molar refractivity (Wildman–Crippen MR) is 75.8 cm³/mol. The summed E-state index contributed by atoms with van der Waals surface area (Å²) in [5.74, 6) is 0. The van der Waals surface area contributed by atoms with Crippen LogP contribution < -0.4 is 5.32 Å². The van der Waals surface area contributed by atoms with Crippen LogP contribution in [-0.2, 0) is 4.74 Å². The molecule has 0 aliphatic carbocycles. The smallest absolute Gasteiger partial charge is 0.0587 e. The Hall–Kier alpha value is -0.860. The first kappa shape index (κ1) is 13.6. The molecule has 2 unspecified atom stereocenters. The molecule has 1 fully saturated rings. The summed E-state index contributed by atoms with van der Waals surface area (Å²) >= 11 is 0. The lowest BCUT2D eigenvalue weighted by Gasteiger charge is -2.32. The summed E-state index contributed by atoms with van der Waals surface area (Å²) in [6.45, 7) is 7.51. The van der Waals surface area contributed by atoms with Gasteiger partial charge in [-0.1, -0.05) is 36.8 Å². The van der Waals surface area contributed by atoms with Gasteiger partial charge in [-0.15, -0.1) is 0 Å². The molecule has 0 radical (unpaired) electrons. The van der Waals surface area contributed by atoms with Gasteiger partial charge in [0.15, 0.2) is 0 Å². The third-order valence-corrected chi connectivity index (χ3v) is 3.85. The van der Waals surface area contributed by atoms with E-state index in [1.165, 1.54) is 11.1 Å². The zero-order chi connectivity index (χ0) is 13.0. The van der Waals surface area contributed by atoms with E-state index in [1.807, 2.05) is 0 Å². The Morgan fingerprint density at radius 3 is 3.00 bits per heavy atom. The van der Waals surface area contributed by atoms with Crippen LogP contribution in [0.1, 0.15) is 50.3 Å². The van der Waals surface area contributed by atoms with Crippen molar-refractivity contribution in [1.29, 1.82) is 0 Å². The Morgan fingerprint density at radius 2 is 2.28 bits per heavy atom. The Labute approximate surface area is 111 Å². The van der Waals surface area contributed by atoms with Gasteiger partial charge < -0.3 is 10.1 Å². The summed E-state index contributed by atoms with van der Waals surface area (Å²) in [6.07, 6.45) is 3.84. The van der Waals surface area contributed by atoms with Crippen LogP contribution in [0.25, 0.3) is 0 Å². The highest BCUT2D eigenvalue weighted by Gasteiger charge is 2.22. The van der Waals surface area contributed by atoms with E-state index >= 15 is 0 Å². The maximum atomic E-state index is 5.72. The van der Waals surface area contributed by atoms with Crippen molar-refractivity contribution in [3.8, 4) is 0 Å². The van der Waals surface area contributed by atoms with E-state index in [2.05, 4.69) is 50.4 Å². The van der Waals surface area contributed by atoms with Crippen LogP contribution in [-0.4, -0.2) is 18.8 Å². The first-order chi connectivity index (χ1) is 8.69. The van der Waals surface area contributed by atoms with Gasteiger partial charge >= 0.3 is 0 Å². The lowest BCUT2D eigenvalue weighted by Crippen LogP contribution is -2.39. The molecule has 2 heteroatoms. The molecule has 1 aliphatic heterocycles. The highest BCUT2D eigenvalue weighted by molar-refractivity contribution is 5.24. The molecule has 1 N–H and O–H groups in total. The number of hydrogen-bond donors (Lipinski definition) is 1. The van der Waals surface area contributed by atoms with Crippen molar-refractivity contribution in [3.63, 3.8) is 0 Å². The Morgan fingerprint density at radius 1 is 1.44 bits per heavy atom. The zero-order valence-corrected chi connectivity index (χ0v) is 11.8. The second-order valence-corrected chi connectivity index (χ2v) is 5.42. The van der Waals surface area contributed by atoms with Gasteiger partial charge in [0, 0.05) is 18.7 Å². The number of benzene rings is 1. The van der Waals surface area contributed by atoms with Gasteiger partial charge in [0.25, 0.3) is 0 Å². The molecule has 2 rings (SSSR count). The molecule has 1 aliphatic rings. The molecule has 0 spiro atoms. The first-order valence-electron chi connectivity index (χ1n) is 7.13. The SMILES string of the molecule is CCC1CC(N[C@@H](C)c2cccc(C)c2)CCO1. The van der Waals surface area contributed by atoms with Crippen molar-refractivity contribution >= 4 is 0 Å². The standard InChI is InChI=1S/C16H25NO/c1-4-16-11-15(8-9-18-16)17-13(3)14-7-5-6-12(2)10-14/h5-7,10,13,15-17H,4,8-9,11H2,1-3H3/t13-,15?,16?/m0/s1. The van der Waals surface area contributed by atoms with E-state index in [4.69, 9.17) is 4.74 Å². The summed E-state index contributed by atoms with van der Waals surface area (Å²) in [5.41, 5.74) is 2.72. The topological polar surface area (TPSA) is 21.3 Å². The molecule has 1 aromatic rings. The van der Waals surface area contributed by atoms with E-state index in [-0.39, 0.29) is 0 Å². The van der Waals surface area contributed by atoms with Gasteiger partial charge in [-0.25, -0.2) is 0 Å². The van der Waals surface area contributed by atoms with E-state index in [9.17, 15) is 0 Å². The fraction of sp³-hybridized carbons (Fsp3) is 0.625. The quantitative estimate of drug-likeness (QED) is 0.877. The Kier molecular flexibility index (Phi) is 4.79. The van der Waals surface area contributed by atoms with Crippen LogP contribution >= 0.6 is 0 Å². The van der Waals surface area contributed by atoms with Gasteiger partial charge in [-0.2, -0.15) is 0 Å². The summed E-state index contributed by atoms with van der Waals surface area (Å²) < 4.78 is 5.72. The van der Waals surface area contributed by atoms with Gasteiger partial charge in [0.2, 0.25) is 0 Å². The number of nitrogens with one attached hydrogen (secondary N) is 1. The average Bonchev–Trinajstić information content (AvgIpc) is 2.39. The normalized spacial score (nSPS) is 25.9. The van der Waals surface area contributed by atoms with Crippen LogP contribution in [0.5, 0.6) is 0 Å². The molecule has 0 saturated carbocycles. The summed E-state index contributed by atoms with van der Waals surface area (Å²) in [7, 11) is 0. The molecule has 3 atom stereocenters. The van der Waals surface area contributed by atoms with Crippen molar-refractivity contribution in [2.24, 2.45) is 0 Å². The molecule has 0 bridgehead atoms. The fourth-order valence-electron chi connectivity index (χ4n) is 2.71. The molecule has 18 heavy (non-hydrogen) atoms. The number of aryl methyl sites for hydroxylation is 1. The number of rotatable bonds is 4. The minimum absolute atomic E-state index is 0.422. The first-order valence-corrected chi connectivity index (χ1v) is 7.13. The largest absolute Gasteiger partial charge is 0.378 e. The minimum atomic E-state index is 0.422. The van der Waals surface area contributed by atoms with Crippen LogP contribution in [0.4, 0.5) is 0 Å². The second kappa shape index (κ2) is 6.35. The maximum absolute atomic E-state index is 5.72. The van der Waals surface area contributed by atoms with Crippen molar-refractivity contribution < 1.29 is 4.74 Å². The molecular weight excluding hydrogens is 222 g/mol. The molecule has 100 valence electrons.